The zero-order valence-electron chi connectivity index (χ0n) is 14.7. The number of hydrogen-bond donors (Lipinski definition) is 2. The van der Waals surface area contributed by atoms with Crippen LogP contribution in [0, 0.1) is 5.92 Å². The van der Waals surface area contributed by atoms with Crippen LogP contribution in [-0.4, -0.2) is 34.8 Å². The first-order valence-electron chi connectivity index (χ1n) is 8.28. The molecule has 24 heavy (non-hydrogen) atoms. The third-order valence-electron chi connectivity index (χ3n) is 4.14. The third kappa shape index (κ3) is 3.75. The number of nitrogens with one attached hydrogen (secondary N) is 2. The van der Waals surface area contributed by atoms with Gasteiger partial charge in [0.05, 0.1) is 0 Å². The summed E-state index contributed by atoms with van der Waals surface area (Å²) in [5.41, 5.74) is 0.780. The van der Waals surface area contributed by atoms with Crippen molar-refractivity contribution < 1.29 is 14.4 Å². The average molecular weight is 331 g/mol. The summed E-state index contributed by atoms with van der Waals surface area (Å²) in [6.45, 7) is 7.40. The van der Waals surface area contributed by atoms with E-state index in [0.717, 1.165) is 16.9 Å². The van der Waals surface area contributed by atoms with Crippen LogP contribution >= 0.6 is 0 Å². The van der Waals surface area contributed by atoms with Gasteiger partial charge < -0.3 is 10.6 Å². The molecule has 2 N–H and O–H groups in total. The van der Waals surface area contributed by atoms with Crippen LogP contribution in [-0.2, 0) is 16.0 Å². The van der Waals surface area contributed by atoms with Crippen molar-refractivity contribution in [1.29, 1.82) is 0 Å². The Morgan fingerprint density at radius 2 is 1.96 bits per heavy atom. The largest absolute Gasteiger partial charge is 0.325 e. The van der Waals surface area contributed by atoms with Crippen LogP contribution in [0.4, 0.5) is 10.5 Å². The van der Waals surface area contributed by atoms with Crippen LogP contribution in [0.2, 0.25) is 0 Å². The van der Waals surface area contributed by atoms with E-state index in [2.05, 4.69) is 10.6 Å². The van der Waals surface area contributed by atoms with Gasteiger partial charge in [-0.2, -0.15) is 0 Å². The number of hydrogen-bond acceptors (Lipinski definition) is 3. The Balaban J connectivity index is 2.06. The standard InChI is InChI=1S/C18H25N3O3/c1-5-13-8-6-7-9-14(13)19-15(22)11-21-16(23)18(4,10-12(2)3)20-17(21)24/h6-9,12H,5,10-11H2,1-4H3,(H,19,22)(H,20,24). The SMILES string of the molecule is CCc1ccccc1NC(=O)CN1C(=O)NC(C)(CC(C)C)C1=O. The van der Waals surface area contributed by atoms with Crippen molar-refractivity contribution in [3.05, 3.63) is 29.8 Å². The topological polar surface area (TPSA) is 78.5 Å². The van der Waals surface area contributed by atoms with E-state index in [4.69, 9.17) is 0 Å². The van der Waals surface area contributed by atoms with Crippen LogP contribution in [0.3, 0.4) is 0 Å². The molecule has 0 aromatic heterocycles. The molecule has 1 unspecified atom stereocenters. The quantitative estimate of drug-likeness (QED) is 0.786. The molecule has 6 nitrogen and oxygen atoms in total. The van der Waals surface area contributed by atoms with Crippen molar-refractivity contribution in [1.82, 2.24) is 10.2 Å². The van der Waals surface area contributed by atoms with E-state index in [9.17, 15) is 14.4 Å². The maximum Gasteiger partial charge on any atom is 0.325 e. The normalized spacial score (nSPS) is 20.5. The predicted molar refractivity (Wildman–Crippen MR) is 92.6 cm³/mol. The number of imide groups is 1. The highest BCUT2D eigenvalue weighted by atomic mass is 16.2. The first-order valence-corrected chi connectivity index (χ1v) is 8.28. The lowest BCUT2D eigenvalue weighted by atomic mass is 9.91. The molecule has 0 saturated carbocycles. The summed E-state index contributed by atoms with van der Waals surface area (Å²) >= 11 is 0. The van der Waals surface area contributed by atoms with Crippen molar-refractivity contribution in [2.75, 3.05) is 11.9 Å². The highest BCUT2D eigenvalue weighted by molar-refractivity contribution is 6.10. The van der Waals surface area contributed by atoms with E-state index in [1.54, 1.807) is 6.92 Å². The molecule has 1 aromatic carbocycles. The predicted octanol–water partition coefficient (Wildman–Crippen LogP) is 2.54. The Morgan fingerprint density at radius 1 is 1.29 bits per heavy atom. The minimum Gasteiger partial charge on any atom is -0.324 e. The molecule has 1 heterocycles. The van der Waals surface area contributed by atoms with Crippen molar-refractivity contribution in [2.24, 2.45) is 5.92 Å². The summed E-state index contributed by atoms with van der Waals surface area (Å²) in [7, 11) is 0. The zero-order chi connectivity index (χ0) is 17.9. The van der Waals surface area contributed by atoms with Crippen LogP contribution in [0.5, 0.6) is 0 Å². The fourth-order valence-corrected chi connectivity index (χ4v) is 3.13. The maximum absolute atomic E-state index is 12.5. The van der Waals surface area contributed by atoms with Gasteiger partial charge in [-0.3, -0.25) is 14.5 Å². The lowest BCUT2D eigenvalue weighted by Crippen LogP contribution is -2.45. The van der Waals surface area contributed by atoms with Gasteiger partial charge in [-0.15, -0.1) is 0 Å². The van der Waals surface area contributed by atoms with Crippen molar-refractivity contribution in [3.63, 3.8) is 0 Å². The highest BCUT2D eigenvalue weighted by Crippen LogP contribution is 2.25. The summed E-state index contributed by atoms with van der Waals surface area (Å²) < 4.78 is 0. The van der Waals surface area contributed by atoms with E-state index < -0.39 is 11.6 Å². The van der Waals surface area contributed by atoms with Gasteiger partial charge in [0.1, 0.15) is 12.1 Å². The molecule has 4 amide bonds. The molecule has 0 spiro atoms. The zero-order valence-corrected chi connectivity index (χ0v) is 14.7. The number of para-hydroxylation sites is 1. The summed E-state index contributed by atoms with van der Waals surface area (Å²) in [6, 6.07) is 6.97. The number of amides is 4. The van der Waals surface area contributed by atoms with Crippen LogP contribution in [0.1, 0.15) is 39.7 Å². The third-order valence-corrected chi connectivity index (χ3v) is 4.14. The number of carbonyl (C=O) groups is 3. The van der Waals surface area contributed by atoms with Crippen molar-refractivity contribution in [3.8, 4) is 0 Å². The van der Waals surface area contributed by atoms with Gasteiger partial charge in [0.15, 0.2) is 0 Å². The van der Waals surface area contributed by atoms with Crippen LogP contribution in [0.25, 0.3) is 0 Å². The maximum atomic E-state index is 12.5. The van der Waals surface area contributed by atoms with Gasteiger partial charge in [0, 0.05) is 5.69 Å². The molecule has 1 atom stereocenters. The number of nitrogens with zero attached hydrogens (tertiary/aromatic N) is 1. The van der Waals surface area contributed by atoms with Gasteiger partial charge in [-0.1, -0.05) is 39.0 Å². The number of rotatable bonds is 6. The molecule has 0 aliphatic carbocycles. The van der Waals surface area contributed by atoms with Gasteiger partial charge in [-0.05, 0) is 37.3 Å². The first-order chi connectivity index (χ1) is 11.3. The second-order valence-electron chi connectivity index (χ2n) is 6.81. The Bertz CT molecular complexity index is 657. The first kappa shape index (κ1) is 18.0. The molecule has 1 aliphatic heterocycles. The molecule has 0 bridgehead atoms. The minimum atomic E-state index is -0.938. The Kier molecular flexibility index (Phi) is 5.26. The molecule has 2 rings (SSSR count). The minimum absolute atomic E-state index is 0.254. The molecule has 1 aromatic rings. The van der Waals surface area contributed by atoms with E-state index >= 15 is 0 Å². The lowest BCUT2D eigenvalue weighted by Gasteiger charge is -2.23. The fraction of sp³-hybridized carbons (Fsp3) is 0.500. The Hall–Kier alpha value is -2.37. The smallest absolute Gasteiger partial charge is 0.324 e. The van der Waals surface area contributed by atoms with E-state index in [1.807, 2.05) is 45.0 Å². The van der Waals surface area contributed by atoms with Crippen molar-refractivity contribution >= 4 is 23.5 Å². The lowest BCUT2D eigenvalue weighted by molar-refractivity contribution is -0.133. The molecule has 1 aliphatic rings. The van der Waals surface area contributed by atoms with Gasteiger partial charge in [-0.25, -0.2) is 4.79 Å². The fourth-order valence-electron chi connectivity index (χ4n) is 3.13. The summed E-state index contributed by atoms with van der Waals surface area (Å²) in [5.74, 6) is -0.474. The number of aryl methyl sites for hydroxylation is 1. The molecular formula is C18H25N3O3. The van der Waals surface area contributed by atoms with Gasteiger partial charge >= 0.3 is 6.03 Å². The van der Waals surface area contributed by atoms with Gasteiger partial charge in [0.2, 0.25) is 5.91 Å². The van der Waals surface area contributed by atoms with Gasteiger partial charge in [0.25, 0.3) is 5.91 Å². The Morgan fingerprint density at radius 3 is 2.58 bits per heavy atom. The highest BCUT2D eigenvalue weighted by Gasteiger charge is 2.48. The van der Waals surface area contributed by atoms with Crippen LogP contribution < -0.4 is 10.6 Å². The molecule has 6 heteroatoms. The molecule has 0 radical (unpaired) electrons. The summed E-state index contributed by atoms with van der Waals surface area (Å²) in [6.07, 6.45) is 1.32. The summed E-state index contributed by atoms with van der Waals surface area (Å²) in [5, 5.41) is 5.50. The van der Waals surface area contributed by atoms with E-state index in [1.165, 1.54) is 0 Å². The number of carbonyl (C=O) groups excluding carboxylic acids is 3. The molecule has 1 saturated heterocycles. The second-order valence-corrected chi connectivity index (χ2v) is 6.81. The monoisotopic (exact) mass is 331 g/mol. The summed E-state index contributed by atoms with van der Waals surface area (Å²) in [4.78, 5) is 37.9. The molecular weight excluding hydrogens is 306 g/mol. The average Bonchev–Trinajstić information content (AvgIpc) is 2.70. The van der Waals surface area contributed by atoms with Crippen molar-refractivity contribution in [2.45, 2.75) is 46.1 Å². The number of anilines is 1. The Labute approximate surface area is 142 Å². The van der Waals surface area contributed by atoms with Crippen LogP contribution in [0.15, 0.2) is 24.3 Å². The molecule has 130 valence electrons. The second kappa shape index (κ2) is 7.03. The van der Waals surface area contributed by atoms with E-state index in [0.29, 0.717) is 12.1 Å². The number of urea groups is 1. The number of benzene rings is 1. The van der Waals surface area contributed by atoms with E-state index in [-0.39, 0.29) is 24.3 Å². The molecule has 1 fully saturated rings.